The molecular formula is C46H61N7O6. The Hall–Kier alpha value is -5.69. The van der Waals surface area contributed by atoms with Gasteiger partial charge in [-0.3, -0.25) is 24.0 Å². The van der Waals surface area contributed by atoms with Gasteiger partial charge in [-0.15, -0.1) is 0 Å². The number of aryl methyl sites for hydroxylation is 2. The van der Waals surface area contributed by atoms with Crippen molar-refractivity contribution in [1.82, 2.24) is 25.8 Å². The number of para-hydroxylation sites is 1. The monoisotopic (exact) mass is 807 g/mol. The maximum Gasteiger partial charge on any atom is 0.246 e. The van der Waals surface area contributed by atoms with Crippen LogP contribution < -0.4 is 27.4 Å². The zero-order chi connectivity index (χ0) is 42.5. The Bertz CT molecular complexity index is 2040. The third kappa shape index (κ3) is 12.2. The Morgan fingerprint density at radius 3 is 2.19 bits per heavy atom. The van der Waals surface area contributed by atoms with Crippen molar-refractivity contribution in [2.45, 2.75) is 128 Å². The van der Waals surface area contributed by atoms with Gasteiger partial charge in [0.05, 0.1) is 6.04 Å². The number of likely N-dealkylation sites (tertiary alicyclic amines) is 1. The second-order valence-corrected chi connectivity index (χ2v) is 16.0. The first kappa shape index (κ1) is 44.4. The molecule has 1 aliphatic rings. The number of nitrogens with one attached hydrogen (secondary N) is 4. The van der Waals surface area contributed by atoms with Crippen LogP contribution in [0, 0.1) is 13.8 Å². The average Bonchev–Trinajstić information content (AvgIpc) is 3.87. The van der Waals surface area contributed by atoms with Crippen LogP contribution in [0.25, 0.3) is 10.9 Å². The fourth-order valence-corrected chi connectivity index (χ4v) is 8.10. The molecule has 3 aromatic carbocycles. The maximum atomic E-state index is 14.6. The number of hydrogen-bond donors (Lipinski definition) is 7. The number of unbranched alkanes of at least 4 members (excludes halogenated alkanes) is 5. The third-order valence-corrected chi connectivity index (χ3v) is 11.4. The summed E-state index contributed by atoms with van der Waals surface area (Å²) in [4.78, 5) is 73.9. The van der Waals surface area contributed by atoms with Gasteiger partial charge in [-0.25, -0.2) is 0 Å². The fourth-order valence-electron chi connectivity index (χ4n) is 8.10. The second kappa shape index (κ2) is 21.4. The van der Waals surface area contributed by atoms with Crippen molar-refractivity contribution in [2.75, 3.05) is 6.54 Å². The van der Waals surface area contributed by atoms with Crippen LogP contribution in [0.1, 0.15) is 92.5 Å². The number of fused-ring (bicyclic) bond motifs is 1. The number of nitrogens with two attached hydrogens (primary N) is 2. The molecule has 0 aliphatic carbocycles. The molecule has 1 aliphatic heterocycles. The summed E-state index contributed by atoms with van der Waals surface area (Å²) in [5.41, 5.74) is 16.9. The van der Waals surface area contributed by atoms with E-state index in [0.29, 0.717) is 19.3 Å². The van der Waals surface area contributed by atoms with Crippen LogP contribution in [-0.2, 0) is 43.2 Å². The molecule has 59 heavy (non-hydrogen) atoms. The molecule has 5 unspecified atom stereocenters. The van der Waals surface area contributed by atoms with E-state index in [4.69, 9.17) is 11.5 Å². The molecule has 5 amide bonds. The molecule has 5 rings (SSSR count). The number of benzene rings is 3. The van der Waals surface area contributed by atoms with Crippen molar-refractivity contribution < 1.29 is 29.1 Å². The summed E-state index contributed by atoms with van der Waals surface area (Å²) in [6, 6.07) is 15.1. The Morgan fingerprint density at radius 1 is 0.814 bits per heavy atom. The summed E-state index contributed by atoms with van der Waals surface area (Å²) in [5.74, 6) is -2.63. The molecule has 1 saturated heterocycles. The number of primary amides is 1. The summed E-state index contributed by atoms with van der Waals surface area (Å²) in [6.45, 7) is 6.10. The number of aromatic nitrogens is 1. The zero-order valence-corrected chi connectivity index (χ0v) is 34.6. The second-order valence-electron chi connectivity index (χ2n) is 16.0. The standard InChI is InChI=1S/C46H61N7O6/c1-4-5-6-7-8-12-19-36(47)43(56)52-40(27-35-29(2)23-33(54)24-30(35)3)46(59)53-22-15-21-41(53)45(58)51-39(26-32-28-49-37-20-14-13-18-34(32)37)44(57)50-38(42(48)55)25-31-16-10-9-11-17-31/h9-11,13-14,16-18,20,23-24,28,36,38-41,49,54H,4-8,12,15,19,21-22,25-27,47H2,1-3H3,(H2,48,55)(H,50,57)(H,51,58)(H,52,56). The minimum Gasteiger partial charge on any atom is -0.508 e. The van der Waals surface area contributed by atoms with Gasteiger partial charge >= 0.3 is 0 Å². The van der Waals surface area contributed by atoms with Gasteiger partial charge < -0.3 is 42.4 Å². The molecule has 0 spiro atoms. The van der Waals surface area contributed by atoms with Gasteiger partial charge in [0.1, 0.15) is 29.9 Å². The largest absolute Gasteiger partial charge is 0.508 e. The highest BCUT2D eigenvalue weighted by molar-refractivity contribution is 5.97. The van der Waals surface area contributed by atoms with Crippen LogP contribution in [0.15, 0.2) is 72.9 Å². The minimum absolute atomic E-state index is 0.0909. The number of aromatic hydroxyl groups is 1. The average molecular weight is 808 g/mol. The number of phenolic OH excluding ortho intramolecular Hbond substituents is 1. The molecule has 2 heterocycles. The Kier molecular flexibility index (Phi) is 16.1. The molecule has 0 radical (unpaired) electrons. The molecule has 13 nitrogen and oxygen atoms in total. The summed E-state index contributed by atoms with van der Waals surface area (Å²) < 4.78 is 0. The Morgan fingerprint density at radius 2 is 1.47 bits per heavy atom. The lowest BCUT2D eigenvalue weighted by molar-refractivity contribution is -0.142. The van der Waals surface area contributed by atoms with Crippen molar-refractivity contribution >= 4 is 40.4 Å². The molecule has 316 valence electrons. The Balaban J connectivity index is 1.36. The normalized spacial score (nSPS) is 15.9. The zero-order valence-electron chi connectivity index (χ0n) is 34.6. The predicted molar refractivity (Wildman–Crippen MR) is 229 cm³/mol. The lowest BCUT2D eigenvalue weighted by atomic mass is 9.94. The van der Waals surface area contributed by atoms with Gasteiger partial charge in [0, 0.05) is 42.9 Å². The molecule has 5 atom stereocenters. The van der Waals surface area contributed by atoms with Crippen LogP contribution >= 0.6 is 0 Å². The number of nitrogens with zero attached hydrogens (tertiary/aromatic N) is 1. The third-order valence-electron chi connectivity index (χ3n) is 11.4. The molecule has 9 N–H and O–H groups in total. The van der Waals surface area contributed by atoms with Gasteiger partial charge in [0.25, 0.3) is 0 Å². The van der Waals surface area contributed by atoms with Gasteiger partial charge in [-0.2, -0.15) is 0 Å². The van der Waals surface area contributed by atoms with E-state index in [1.54, 1.807) is 18.3 Å². The van der Waals surface area contributed by atoms with Crippen LogP contribution in [0.3, 0.4) is 0 Å². The van der Waals surface area contributed by atoms with E-state index in [1.807, 2.05) is 68.4 Å². The SMILES string of the molecule is CCCCCCCCC(N)C(=O)NC(Cc1c(C)cc(O)cc1C)C(=O)N1CCCC1C(=O)NC(Cc1c[nH]c2ccccc12)C(=O)NC(Cc1ccccc1)C(N)=O. The van der Waals surface area contributed by atoms with E-state index in [9.17, 15) is 29.1 Å². The predicted octanol–water partition coefficient (Wildman–Crippen LogP) is 4.53. The molecule has 1 aromatic heterocycles. The highest BCUT2D eigenvalue weighted by atomic mass is 16.3. The lowest BCUT2D eigenvalue weighted by Crippen LogP contribution is -2.59. The van der Waals surface area contributed by atoms with Crippen molar-refractivity contribution in [2.24, 2.45) is 11.5 Å². The summed E-state index contributed by atoms with van der Waals surface area (Å²) >= 11 is 0. The molecular weight excluding hydrogens is 747 g/mol. The maximum absolute atomic E-state index is 14.6. The minimum atomic E-state index is -1.13. The molecule has 1 fully saturated rings. The molecule has 0 bridgehead atoms. The number of hydrogen-bond acceptors (Lipinski definition) is 7. The number of carbonyl (C=O) groups is 5. The van der Waals surface area contributed by atoms with Crippen LogP contribution in [0.2, 0.25) is 0 Å². The van der Waals surface area contributed by atoms with Crippen molar-refractivity contribution in [3.8, 4) is 5.75 Å². The van der Waals surface area contributed by atoms with E-state index < -0.39 is 59.7 Å². The topological polar surface area (TPSA) is 213 Å². The first-order valence-corrected chi connectivity index (χ1v) is 21.0. The first-order valence-electron chi connectivity index (χ1n) is 21.0. The first-order chi connectivity index (χ1) is 28.4. The summed E-state index contributed by atoms with van der Waals surface area (Å²) in [7, 11) is 0. The van der Waals surface area contributed by atoms with E-state index >= 15 is 0 Å². The van der Waals surface area contributed by atoms with E-state index in [-0.39, 0.29) is 31.6 Å². The van der Waals surface area contributed by atoms with Gasteiger partial charge in [-0.1, -0.05) is 94.0 Å². The Labute approximate surface area is 347 Å². The van der Waals surface area contributed by atoms with Crippen LogP contribution in [0.4, 0.5) is 0 Å². The highest BCUT2D eigenvalue weighted by Gasteiger charge is 2.40. The summed E-state index contributed by atoms with van der Waals surface area (Å²) in [5, 5.41) is 19.7. The number of phenols is 1. The number of amides is 5. The van der Waals surface area contributed by atoms with Crippen LogP contribution in [0.5, 0.6) is 5.75 Å². The molecule has 4 aromatic rings. The van der Waals surface area contributed by atoms with E-state index in [0.717, 1.165) is 70.8 Å². The van der Waals surface area contributed by atoms with Crippen molar-refractivity contribution in [3.63, 3.8) is 0 Å². The van der Waals surface area contributed by atoms with Gasteiger partial charge in [0.2, 0.25) is 29.5 Å². The van der Waals surface area contributed by atoms with Crippen molar-refractivity contribution in [3.05, 3.63) is 101 Å². The van der Waals surface area contributed by atoms with Gasteiger partial charge in [0.15, 0.2) is 0 Å². The number of aromatic amines is 1. The lowest BCUT2D eigenvalue weighted by Gasteiger charge is -2.31. The number of carbonyl (C=O) groups excluding carboxylic acids is 5. The molecule has 13 heteroatoms. The molecule has 0 saturated carbocycles. The highest BCUT2D eigenvalue weighted by Crippen LogP contribution is 2.26. The van der Waals surface area contributed by atoms with E-state index in [2.05, 4.69) is 27.9 Å². The fraction of sp³-hybridized carbons (Fsp3) is 0.457. The van der Waals surface area contributed by atoms with Gasteiger partial charge in [-0.05, 0) is 79.1 Å². The van der Waals surface area contributed by atoms with Crippen LogP contribution in [-0.4, -0.2) is 81.3 Å². The van der Waals surface area contributed by atoms with Crippen molar-refractivity contribution in [1.29, 1.82) is 0 Å². The quantitative estimate of drug-likeness (QED) is 0.0598. The number of H-pyrrole nitrogens is 1. The van der Waals surface area contributed by atoms with E-state index in [1.165, 1.54) is 11.3 Å². The number of rotatable bonds is 21. The summed E-state index contributed by atoms with van der Waals surface area (Å²) in [6.07, 6.45) is 9.80. The smallest absolute Gasteiger partial charge is 0.246 e.